The second-order valence-corrected chi connectivity index (χ2v) is 4.54. The quantitative estimate of drug-likeness (QED) is 0.887. The lowest BCUT2D eigenvalue weighted by atomic mass is 9.62. The Hall–Kier alpha value is -1.23. The van der Waals surface area contributed by atoms with Crippen molar-refractivity contribution < 1.29 is 17.9 Å². The monoisotopic (exact) mass is 245 g/mol. The zero-order valence-electron chi connectivity index (χ0n) is 9.47. The predicted octanol–water partition coefficient (Wildman–Crippen LogP) is 2.46. The molecule has 0 heterocycles. The summed E-state index contributed by atoms with van der Waals surface area (Å²) in [5.74, 6) is -2.85. The van der Waals surface area contributed by atoms with Crippen LogP contribution in [0.2, 0.25) is 0 Å². The average molecular weight is 245 g/mol. The summed E-state index contributed by atoms with van der Waals surface area (Å²) < 4.78 is 44.2. The molecule has 1 aromatic carbocycles. The lowest BCUT2D eigenvalue weighted by molar-refractivity contribution is -0.124. The lowest BCUT2D eigenvalue weighted by Crippen LogP contribution is -2.53. The highest BCUT2D eigenvalue weighted by Crippen LogP contribution is 2.54. The van der Waals surface area contributed by atoms with E-state index in [9.17, 15) is 13.2 Å². The summed E-state index contributed by atoms with van der Waals surface area (Å²) in [7, 11) is 1.39. The normalized spacial score (nSPS) is 20.8. The van der Waals surface area contributed by atoms with Gasteiger partial charge in [-0.3, -0.25) is 0 Å². The molecular formula is C12H14F3NO. The number of alkyl halides is 2. The SMILES string of the molecule is COc1cc(F)ccc1C1(CN)CC(F)(F)C1. The first-order valence-corrected chi connectivity index (χ1v) is 5.34. The summed E-state index contributed by atoms with van der Waals surface area (Å²) in [6, 6.07) is 3.92. The van der Waals surface area contributed by atoms with E-state index in [2.05, 4.69) is 0 Å². The predicted molar refractivity (Wildman–Crippen MR) is 57.9 cm³/mol. The number of hydrogen-bond acceptors (Lipinski definition) is 2. The van der Waals surface area contributed by atoms with Crippen molar-refractivity contribution in [1.29, 1.82) is 0 Å². The van der Waals surface area contributed by atoms with Crippen LogP contribution in [-0.2, 0) is 5.41 Å². The molecule has 0 unspecified atom stereocenters. The van der Waals surface area contributed by atoms with Crippen molar-refractivity contribution in [2.45, 2.75) is 24.2 Å². The smallest absolute Gasteiger partial charge is 0.250 e. The first-order chi connectivity index (χ1) is 7.92. The van der Waals surface area contributed by atoms with Gasteiger partial charge in [-0.05, 0) is 6.07 Å². The molecule has 2 N–H and O–H groups in total. The summed E-state index contributed by atoms with van der Waals surface area (Å²) in [4.78, 5) is 0. The van der Waals surface area contributed by atoms with Crippen LogP contribution < -0.4 is 10.5 Å². The second kappa shape index (κ2) is 3.91. The van der Waals surface area contributed by atoms with Crippen molar-refractivity contribution in [2.75, 3.05) is 13.7 Å². The molecule has 1 aliphatic carbocycles. The van der Waals surface area contributed by atoms with Gasteiger partial charge in [-0.15, -0.1) is 0 Å². The van der Waals surface area contributed by atoms with Gasteiger partial charge in [0.05, 0.1) is 7.11 Å². The lowest BCUT2D eigenvalue weighted by Gasteiger charge is -2.47. The fourth-order valence-electron chi connectivity index (χ4n) is 2.49. The van der Waals surface area contributed by atoms with Crippen LogP contribution in [0.15, 0.2) is 18.2 Å². The zero-order chi connectivity index (χ0) is 12.7. The van der Waals surface area contributed by atoms with E-state index in [0.29, 0.717) is 5.56 Å². The molecule has 0 bridgehead atoms. The zero-order valence-corrected chi connectivity index (χ0v) is 9.47. The van der Waals surface area contributed by atoms with Gasteiger partial charge in [-0.25, -0.2) is 13.2 Å². The van der Waals surface area contributed by atoms with Gasteiger partial charge in [-0.2, -0.15) is 0 Å². The molecule has 0 atom stereocenters. The van der Waals surface area contributed by atoms with Gasteiger partial charge in [0.1, 0.15) is 11.6 Å². The van der Waals surface area contributed by atoms with Crippen LogP contribution in [-0.4, -0.2) is 19.6 Å². The third-order valence-electron chi connectivity index (χ3n) is 3.32. The van der Waals surface area contributed by atoms with E-state index in [-0.39, 0.29) is 25.1 Å². The highest BCUT2D eigenvalue weighted by atomic mass is 19.3. The summed E-state index contributed by atoms with van der Waals surface area (Å²) in [6.07, 6.45) is -0.614. The summed E-state index contributed by atoms with van der Waals surface area (Å²) >= 11 is 0. The molecule has 0 saturated heterocycles. The van der Waals surface area contributed by atoms with Gasteiger partial charge in [0, 0.05) is 36.4 Å². The molecule has 1 saturated carbocycles. The van der Waals surface area contributed by atoms with Crippen LogP contribution in [0.3, 0.4) is 0 Å². The Labute approximate surface area is 97.6 Å². The van der Waals surface area contributed by atoms with Gasteiger partial charge in [-0.1, -0.05) is 6.07 Å². The van der Waals surface area contributed by atoms with Crippen LogP contribution >= 0.6 is 0 Å². The Morgan fingerprint density at radius 3 is 2.47 bits per heavy atom. The van der Waals surface area contributed by atoms with E-state index < -0.39 is 17.2 Å². The number of rotatable bonds is 3. The van der Waals surface area contributed by atoms with E-state index in [1.807, 2.05) is 0 Å². The van der Waals surface area contributed by atoms with Gasteiger partial charge < -0.3 is 10.5 Å². The van der Waals surface area contributed by atoms with Crippen molar-refractivity contribution in [2.24, 2.45) is 5.73 Å². The van der Waals surface area contributed by atoms with Gasteiger partial charge in [0.25, 0.3) is 0 Å². The van der Waals surface area contributed by atoms with E-state index in [0.717, 1.165) is 0 Å². The maximum absolute atomic E-state index is 13.1. The Balaban J connectivity index is 2.39. The first kappa shape index (κ1) is 12.2. The number of nitrogens with two attached hydrogens (primary N) is 1. The van der Waals surface area contributed by atoms with Gasteiger partial charge in [0.15, 0.2) is 0 Å². The fraction of sp³-hybridized carbons (Fsp3) is 0.500. The molecule has 2 nitrogen and oxygen atoms in total. The molecule has 2 rings (SSSR count). The van der Waals surface area contributed by atoms with Gasteiger partial charge in [0.2, 0.25) is 5.92 Å². The molecule has 0 aliphatic heterocycles. The van der Waals surface area contributed by atoms with Crippen LogP contribution in [0.5, 0.6) is 5.75 Å². The molecular weight excluding hydrogens is 231 g/mol. The second-order valence-electron chi connectivity index (χ2n) is 4.54. The van der Waals surface area contributed by atoms with E-state index in [1.165, 1.54) is 25.3 Å². The summed E-state index contributed by atoms with van der Waals surface area (Å²) in [5.41, 5.74) is 5.38. The fourth-order valence-corrected chi connectivity index (χ4v) is 2.49. The highest BCUT2D eigenvalue weighted by Gasteiger charge is 2.57. The van der Waals surface area contributed by atoms with Crippen molar-refractivity contribution in [3.63, 3.8) is 0 Å². The molecule has 5 heteroatoms. The van der Waals surface area contributed by atoms with Crippen LogP contribution in [0, 0.1) is 5.82 Å². The van der Waals surface area contributed by atoms with Crippen molar-refractivity contribution >= 4 is 0 Å². The third-order valence-corrected chi connectivity index (χ3v) is 3.32. The summed E-state index contributed by atoms with van der Waals surface area (Å²) in [5, 5.41) is 0. The Morgan fingerprint density at radius 2 is 2.00 bits per heavy atom. The maximum atomic E-state index is 13.1. The molecule has 0 spiro atoms. The molecule has 1 aliphatic rings. The number of ether oxygens (including phenoxy) is 1. The van der Waals surface area contributed by atoms with Crippen molar-refractivity contribution in [3.05, 3.63) is 29.6 Å². The van der Waals surface area contributed by atoms with Crippen molar-refractivity contribution in [1.82, 2.24) is 0 Å². The molecule has 0 aromatic heterocycles. The molecule has 1 fully saturated rings. The molecule has 1 aromatic rings. The number of benzene rings is 1. The summed E-state index contributed by atoms with van der Waals surface area (Å²) in [6.45, 7) is 0.102. The van der Waals surface area contributed by atoms with Crippen LogP contribution in [0.4, 0.5) is 13.2 Å². The Bertz CT molecular complexity index is 426. The van der Waals surface area contributed by atoms with E-state index in [4.69, 9.17) is 10.5 Å². The number of methoxy groups -OCH3 is 1. The average Bonchev–Trinajstić information content (AvgIpc) is 2.25. The topological polar surface area (TPSA) is 35.2 Å². The van der Waals surface area contributed by atoms with E-state index in [1.54, 1.807) is 0 Å². The minimum Gasteiger partial charge on any atom is -0.496 e. The Kier molecular flexibility index (Phi) is 2.81. The molecule has 17 heavy (non-hydrogen) atoms. The van der Waals surface area contributed by atoms with Crippen LogP contribution in [0.25, 0.3) is 0 Å². The third kappa shape index (κ3) is 1.99. The molecule has 0 amide bonds. The number of halogens is 3. The first-order valence-electron chi connectivity index (χ1n) is 5.34. The molecule has 94 valence electrons. The Morgan fingerprint density at radius 1 is 1.35 bits per heavy atom. The number of hydrogen-bond donors (Lipinski definition) is 1. The largest absolute Gasteiger partial charge is 0.496 e. The minimum atomic E-state index is -2.68. The molecule has 0 radical (unpaired) electrons. The van der Waals surface area contributed by atoms with Crippen molar-refractivity contribution in [3.8, 4) is 5.75 Å². The maximum Gasteiger partial charge on any atom is 0.250 e. The standard InChI is InChI=1S/C12H14F3NO/c1-17-10-4-8(13)2-3-9(10)11(7-16)5-12(14,15)6-11/h2-4H,5-7,16H2,1H3. The minimum absolute atomic E-state index is 0.102. The van der Waals surface area contributed by atoms with Crippen LogP contribution in [0.1, 0.15) is 18.4 Å². The highest BCUT2D eigenvalue weighted by molar-refractivity contribution is 5.43. The van der Waals surface area contributed by atoms with Gasteiger partial charge >= 0.3 is 0 Å². The van der Waals surface area contributed by atoms with E-state index >= 15 is 0 Å².